The third kappa shape index (κ3) is 2.18. The summed E-state index contributed by atoms with van der Waals surface area (Å²) in [5, 5.41) is 1.06. The fourth-order valence-electron chi connectivity index (χ4n) is 3.56. The third-order valence-electron chi connectivity index (χ3n) is 4.64. The maximum absolute atomic E-state index is 12.1. The largest absolute Gasteiger partial charge is 0.464 e. The number of fused-ring (bicyclic) bond motifs is 3. The van der Waals surface area contributed by atoms with Gasteiger partial charge >= 0.3 is 0 Å². The maximum atomic E-state index is 12.1. The molecule has 3 aromatic rings. The molecule has 0 saturated carbocycles. The van der Waals surface area contributed by atoms with Gasteiger partial charge in [-0.05, 0) is 49.8 Å². The molecule has 1 atom stereocenters. The molecule has 1 unspecified atom stereocenters. The predicted octanol–water partition coefficient (Wildman–Crippen LogP) is 4.09. The van der Waals surface area contributed by atoms with E-state index in [-0.39, 0.29) is 0 Å². The van der Waals surface area contributed by atoms with Crippen LogP contribution < -0.4 is 5.73 Å². The molecule has 1 aliphatic carbocycles. The second-order valence-electron chi connectivity index (χ2n) is 6.32. The molecule has 1 amide bonds. The van der Waals surface area contributed by atoms with Gasteiger partial charge in [0.1, 0.15) is 10.6 Å². The fourth-order valence-corrected chi connectivity index (χ4v) is 4.99. The number of carbonyl (C=O) groups is 1. The quantitative estimate of drug-likeness (QED) is 0.771. The van der Waals surface area contributed by atoms with E-state index in [1.807, 2.05) is 19.1 Å². The number of aryl methyl sites for hydroxylation is 2. The van der Waals surface area contributed by atoms with Gasteiger partial charge in [0.25, 0.3) is 5.91 Å². The van der Waals surface area contributed by atoms with Crippen molar-refractivity contribution in [1.82, 2.24) is 4.98 Å². The number of thiophene rings is 1. The first-order valence-corrected chi connectivity index (χ1v) is 8.66. The number of pyridine rings is 1. The van der Waals surface area contributed by atoms with Gasteiger partial charge in [0, 0.05) is 15.8 Å². The van der Waals surface area contributed by atoms with Crippen LogP contribution in [0.2, 0.25) is 0 Å². The monoisotopic (exact) mass is 326 g/mol. The van der Waals surface area contributed by atoms with Gasteiger partial charge in [-0.25, -0.2) is 4.98 Å². The molecular weight excluding hydrogens is 308 g/mol. The van der Waals surface area contributed by atoms with E-state index >= 15 is 0 Å². The van der Waals surface area contributed by atoms with Gasteiger partial charge in [0.15, 0.2) is 0 Å². The number of hydrogen-bond donors (Lipinski definition) is 1. The lowest BCUT2D eigenvalue weighted by Gasteiger charge is -2.18. The average Bonchev–Trinajstić information content (AvgIpc) is 3.11. The number of nitrogens with zero attached hydrogens (tertiary/aromatic N) is 1. The van der Waals surface area contributed by atoms with Crippen molar-refractivity contribution in [2.45, 2.75) is 33.1 Å². The number of primary amides is 1. The highest BCUT2D eigenvalue weighted by atomic mass is 32.1. The van der Waals surface area contributed by atoms with E-state index < -0.39 is 5.91 Å². The van der Waals surface area contributed by atoms with Crippen LogP contribution in [-0.2, 0) is 12.8 Å². The number of nitrogens with two attached hydrogens (primary N) is 1. The van der Waals surface area contributed by atoms with Crippen LogP contribution in [0, 0.1) is 12.8 Å². The summed E-state index contributed by atoms with van der Waals surface area (Å²) >= 11 is 1.74. The van der Waals surface area contributed by atoms with E-state index in [1.165, 1.54) is 10.4 Å². The summed E-state index contributed by atoms with van der Waals surface area (Å²) in [6.45, 7) is 4.13. The first-order chi connectivity index (χ1) is 11.1. The Morgan fingerprint density at radius 1 is 1.48 bits per heavy atom. The lowest BCUT2D eigenvalue weighted by molar-refractivity contribution is 0.1000. The summed E-state index contributed by atoms with van der Waals surface area (Å²) in [5.74, 6) is 0.931. The topological polar surface area (TPSA) is 69.1 Å². The second-order valence-corrected chi connectivity index (χ2v) is 7.40. The minimum atomic E-state index is -0.451. The van der Waals surface area contributed by atoms with E-state index in [4.69, 9.17) is 10.2 Å². The highest BCUT2D eigenvalue weighted by molar-refractivity contribution is 7.19. The van der Waals surface area contributed by atoms with E-state index in [0.717, 1.165) is 35.0 Å². The molecule has 3 heterocycles. The van der Waals surface area contributed by atoms with Gasteiger partial charge < -0.3 is 10.2 Å². The lowest BCUT2D eigenvalue weighted by atomic mass is 9.87. The fraction of sp³-hybridized carbons (Fsp3) is 0.333. The molecule has 0 aromatic carbocycles. The Labute approximate surface area is 138 Å². The van der Waals surface area contributed by atoms with Crippen molar-refractivity contribution in [3.63, 3.8) is 0 Å². The maximum Gasteiger partial charge on any atom is 0.251 e. The van der Waals surface area contributed by atoms with Gasteiger partial charge in [0.2, 0.25) is 0 Å². The average molecular weight is 326 g/mol. The Morgan fingerprint density at radius 2 is 2.30 bits per heavy atom. The molecule has 0 spiro atoms. The SMILES string of the molecule is Cc1nc2sc3c(c2c(-c2ccco2)c1C(N)=O)CCC(C)C3. The Balaban J connectivity index is 2.13. The number of carbonyl (C=O) groups excluding carboxylic acids is 1. The summed E-state index contributed by atoms with van der Waals surface area (Å²) in [6, 6.07) is 3.72. The molecule has 0 saturated heterocycles. The van der Waals surface area contributed by atoms with Crippen molar-refractivity contribution in [3.8, 4) is 11.3 Å². The number of hydrogen-bond acceptors (Lipinski definition) is 4. The van der Waals surface area contributed by atoms with Crippen LogP contribution in [0.15, 0.2) is 22.8 Å². The van der Waals surface area contributed by atoms with Crippen LogP contribution in [-0.4, -0.2) is 10.9 Å². The molecule has 3 aromatic heterocycles. The second kappa shape index (κ2) is 5.20. The van der Waals surface area contributed by atoms with E-state index in [2.05, 4.69) is 11.9 Å². The minimum absolute atomic E-state index is 0.451. The summed E-state index contributed by atoms with van der Waals surface area (Å²) in [5.41, 5.74) is 8.95. The van der Waals surface area contributed by atoms with Crippen LogP contribution in [0.3, 0.4) is 0 Å². The molecule has 23 heavy (non-hydrogen) atoms. The molecule has 4 nitrogen and oxygen atoms in total. The lowest BCUT2D eigenvalue weighted by Crippen LogP contribution is -2.16. The van der Waals surface area contributed by atoms with E-state index in [0.29, 0.717) is 22.9 Å². The van der Waals surface area contributed by atoms with E-state index in [9.17, 15) is 4.79 Å². The Morgan fingerprint density at radius 3 is 3.00 bits per heavy atom. The Bertz CT molecular complexity index is 909. The number of amides is 1. The molecule has 0 fully saturated rings. The van der Waals surface area contributed by atoms with Gasteiger partial charge in [-0.1, -0.05) is 6.92 Å². The van der Waals surface area contributed by atoms with Gasteiger partial charge in [0.05, 0.1) is 17.5 Å². The summed E-state index contributed by atoms with van der Waals surface area (Å²) in [4.78, 5) is 19.1. The zero-order chi connectivity index (χ0) is 16.1. The van der Waals surface area contributed by atoms with Gasteiger partial charge in [-0.15, -0.1) is 11.3 Å². The first-order valence-electron chi connectivity index (χ1n) is 7.84. The van der Waals surface area contributed by atoms with Crippen molar-refractivity contribution in [2.75, 3.05) is 0 Å². The van der Waals surface area contributed by atoms with E-state index in [1.54, 1.807) is 17.6 Å². The normalized spacial score (nSPS) is 17.4. The molecule has 1 aliphatic rings. The van der Waals surface area contributed by atoms with Crippen molar-refractivity contribution in [1.29, 1.82) is 0 Å². The smallest absolute Gasteiger partial charge is 0.251 e. The summed E-state index contributed by atoms with van der Waals surface area (Å²) in [7, 11) is 0. The Kier molecular flexibility index (Phi) is 3.27. The number of aromatic nitrogens is 1. The van der Waals surface area contributed by atoms with Crippen LogP contribution in [0.1, 0.15) is 39.8 Å². The van der Waals surface area contributed by atoms with Crippen molar-refractivity contribution >= 4 is 27.5 Å². The van der Waals surface area contributed by atoms with Gasteiger partial charge in [-0.3, -0.25) is 4.79 Å². The molecule has 2 N–H and O–H groups in total. The molecule has 5 heteroatoms. The highest BCUT2D eigenvalue weighted by Crippen LogP contribution is 2.43. The molecule has 118 valence electrons. The van der Waals surface area contributed by atoms with Crippen molar-refractivity contribution < 1.29 is 9.21 Å². The molecule has 4 rings (SSSR count). The summed E-state index contributed by atoms with van der Waals surface area (Å²) in [6.07, 6.45) is 4.89. The third-order valence-corrected chi connectivity index (χ3v) is 5.79. The molecule has 0 bridgehead atoms. The van der Waals surface area contributed by atoms with Crippen molar-refractivity contribution in [3.05, 3.63) is 40.1 Å². The Hall–Kier alpha value is -2.14. The number of furan rings is 1. The van der Waals surface area contributed by atoms with Crippen molar-refractivity contribution in [2.24, 2.45) is 11.7 Å². The summed E-state index contributed by atoms with van der Waals surface area (Å²) < 4.78 is 5.62. The van der Waals surface area contributed by atoms with Crippen LogP contribution >= 0.6 is 11.3 Å². The van der Waals surface area contributed by atoms with Crippen LogP contribution in [0.25, 0.3) is 21.5 Å². The standard InChI is InChI=1S/C18H18N2O2S/c1-9-5-6-11-13(8-9)23-18-15(11)16(12-4-3-7-22-12)14(17(19)21)10(2)20-18/h3-4,7,9H,5-6,8H2,1-2H3,(H2,19,21). The molecule has 0 aliphatic heterocycles. The van der Waals surface area contributed by atoms with Crippen LogP contribution in [0.5, 0.6) is 0 Å². The molecular formula is C18H18N2O2S. The zero-order valence-corrected chi connectivity index (χ0v) is 14.0. The number of rotatable bonds is 2. The minimum Gasteiger partial charge on any atom is -0.464 e. The van der Waals surface area contributed by atoms with Gasteiger partial charge in [-0.2, -0.15) is 0 Å². The van der Waals surface area contributed by atoms with Crippen LogP contribution in [0.4, 0.5) is 0 Å². The molecule has 0 radical (unpaired) electrons. The first kappa shape index (κ1) is 14.5. The zero-order valence-electron chi connectivity index (χ0n) is 13.2. The highest BCUT2D eigenvalue weighted by Gasteiger charge is 2.27. The predicted molar refractivity (Wildman–Crippen MR) is 91.8 cm³/mol.